The van der Waals surface area contributed by atoms with E-state index < -0.39 is 0 Å². The molecule has 2 rings (SSSR count). The lowest BCUT2D eigenvalue weighted by Crippen LogP contribution is -2.32. The van der Waals surface area contributed by atoms with Gasteiger partial charge in [-0.1, -0.05) is 6.92 Å². The van der Waals surface area contributed by atoms with Crippen molar-refractivity contribution in [3.8, 4) is 5.75 Å². The van der Waals surface area contributed by atoms with E-state index in [0.29, 0.717) is 11.4 Å². The molecule has 1 heterocycles. The van der Waals surface area contributed by atoms with Crippen molar-refractivity contribution in [2.24, 2.45) is 0 Å². The molecule has 1 atom stereocenters. The van der Waals surface area contributed by atoms with E-state index in [1.807, 2.05) is 12.3 Å². The number of rotatable bonds is 6. The SMILES string of the molecule is CCC(NC(=O)COc1ccc(N)cc1)c1nccs1. The maximum Gasteiger partial charge on any atom is 0.258 e. The fourth-order valence-electron chi connectivity index (χ4n) is 1.69. The molecular formula is C14H17N3O2S. The molecule has 0 aliphatic heterocycles. The van der Waals surface area contributed by atoms with Crippen LogP contribution >= 0.6 is 11.3 Å². The molecule has 0 fully saturated rings. The quantitative estimate of drug-likeness (QED) is 0.801. The number of nitrogen functional groups attached to an aromatic ring is 1. The van der Waals surface area contributed by atoms with Gasteiger partial charge in [-0.2, -0.15) is 0 Å². The van der Waals surface area contributed by atoms with Crippen molar-refractivity contribution in [2.75, 3.05) is 12.3 Å². The normalized spacial score (nSPS) is 11.8. The average Bonchev–Trinajstić information content (AvgIpc) is 2.98. The molecule has 0 radical (unpaired) electrons. The molecule has 1 aromatic heterocycles. The van der Waals surface area contributed by atoms with E-state index >= 15 is 0 Å². The molecule has 0 saturated heterocycles. The van der Waals surface area contributed by atoms with Crippen molar-refractivity contribution in [3.05, 3.63) is 40.8 Å². The lowest BCUT2D eigenvalue weighted by atomic mass is 10.2. The Morgan fingerprint density at radius 3 is 2.80 bits per heavy atom. The standard InChI is InChI=1S/C14H17N3O2S/c1-2-12(14-16-7-8-20-14)17-13(18)9-19-11-5-3-10(15)4-6-11/h3-8,12H,2,9,15H2,1H3,(H,17,18). The number of nitrogens with two attached hydrogens (primary N) is 1. The van der Waals surface area contributed by atoms with Gasteiger partial charge in [-0.25, -0.2) is 4.98 Å². The van der Waals surface area contributed by atoms with Gasteiger partial charge in [0, 0.05) is 17.3 Å². The first-order valence-corrected chi connectivity index (χ1v) is 7.24. The summed E-state index contributed by atoms with van der Waals surface area (Å²) in [6, 6.07) is 6.88. The fourth-order valence-corrected chi connectivity index (χ4v) is 2.47. The molecule has 1 amide bonds. The van der Waals surface area contributed by atoms with Crippen LogP contribution in [-0.4, -0.2) is 17.5 Å². The van der Waals surface area contributed by atoms with E-state index in [1.165, 1.54) is 11.3 Å². The molecule has 1 aromatic carbocycles. The topological polar surface area (TPSA) is 77.2 Å². The van der Waals surface area contributed by atoms with E-state index in [-0.39, 0.29) is 18.6 Å². The fraction of sp³-hybridized carbons (Fsp3) is 0.286. The molecule has 20 heavy (non-hydrogen) atoms. The molecule has 3 N–H and O–H groups in total. The van der Waals surface area contributed by atoms with Crippen LogP contribution in [0.25, 0.3) is 0 Å². The van der Waals surface area contributed by atoms with Gasteiger partial charge in [0.25, 0.3) is 5.91 Å². The van der Waals surface area contributed by atoms with Crippen LogP contribution in [-0.2, 0) is 4.79 Å². The zero-order valence-corrected chi connectivity index (χ0v) is 12.0. The zero-order valence-electron chi connectivity index (χ0n) is 11.2. The highest BCUT2D eigenvalue weighted by atomic mass is 32.1. The number of thiazole rings is 1. The third kappa shape index (κ3) is 3.96. The number of benzene rings is 1. The van der Waals surface area contributed by atoms with Gasteiger partial charge in [0.05, 0.1) is 6.04 Å². The third-order valence-corrected chi connectivity index (χ3v) is 3.63. The summed E-state index contributed by atoms with van der Waals surface area (Å²) in [6.45, 7) is 1.99. The van der Waals surface area contributed by atoms with Crippen molar-refractivity contribution in [1.82, 2.24) is 10.3 Å². The molecule has 106 valence electrons. The number of anilines is 1. The largest absolute Gasteiger partial charge is 0.484 e. The van der Waals surface area contributed by atoms with Crippen molar-refractivity contribution in [1.29, 1.82) is 0 Å². The summed E-state index contributed by atoms with van der Waals surface area (Å²) in [5.74, 6) is 0.459. The zero-order chi connectivity index (χ0) is 14.4. The van der Waals surface area contributed by atoms with E-state index in [2.05, 4.69) is 10.3 Å². The van der Waals surface area contributed by atoms with Crippen molar-refractivity contribution < 1.29 is 9.53 Å². The first kappa shape index (κ1) is 14.3. The van der Waals surface area contributed by atoms with E-state index in [9.17, 15) is 4.79 Å². The molecule has 0 saturated carbocycles. The Morgan fingerprint density at radius 2 is 2.20 bits per heavy atom. The van der Waals surface area contributed by atoms with E-state index in [1.54, 1.807) is 30.5 Å². The number of hydrogen-bond acceptors (Lipinski definition) is 5. The molecule has 0 aliphatic rings. The molecule has 0 spiro atoms. The van der Waals surface area contributed by atoms with E-state index in [4.69, 9.17) is 10.5 Å². The number of nitrogens with zero attached hydrogens (tertiary/aromatic N) is 1. The number of carbonyl (C=O) groups is 1. The van der Waals surface area contributed by atoms with Crippen LogP contribution < -0.4 is 15.8 Å². The summed E-state index contributed by atoms with van der Waals surface area (Å²) in [6.07, 6.45) is 2.53. The maximum absolute atomic E-state index is 11.9. The maximum atomic E-state index is 11.9. The van der Waals surface area contributed by atoms with Gasteiger partial charge in [-0.3, -0.25) is 4.79 Å². The Morgan fingerprint density at radius 1 is 1.45 bits per heavy atom. The van der Waals surface area contributed by atoms with Gasteiger partial charge in [-0.05, 0) is 30.7 Å². The Hall–Kier alpha value is -2.08. The molecular weight excluding hydrogens is 274 g/mol. The Labute approximate surface area is 121 Å². The van der Waals surface area contributed by atoms with Gasteiger partial charge in [0.1, 0.15) is 10.8 Å². The lowest BCUT2D eigenvalue weighted by Gasteiger charge is -2.14. The second-order valence-corrected chi connectivity index (χ2v) is 5.18. The highest BCUT2D eigenvalue weighted by Gasteiger charge is 2.15. The van der Waals surface area contributed by atoms with Crippen molar-refractivity contribution in [2.45, 2.75) is 19.4 Å². The van der Waals surface area contributed by atoms with Crippen LogP contribution in [0.3, 0.4) is 0 Å². The van der Waals surface area contributed by atoms with Crippen molar-refractivity contribution >= 4 is 22.9 Å². The van der Waals surface area contributed by atoms with Crippen LogP contribution in [0.5, 0.6) is 5.75 Å². The van der Waals surface area contributed by atoms with Gasteiger partial charge >= 0.3 is 0 Å². The summed E-state index contributed by atoms with van der Waals surface area (Å²) in [4.78, 5) is 16.1. The first-order chi connectivity index (χ1) is 9.69. The lowest BCUT2D eigenvalue weighted by molar-refractivity contribution is -0.123. The second kappa shape index (κ2) is 6.91. The molecule has 2 aromatic rings. The molecule has 0 bridgehead atoms. The summed E-state index contributed by atoms with van der Waals surface area (Å²) in [5.41, 5.74) is 6.24. The molecule has 6 heteroatoms. The number of aromatic nitrogens is 1. The van der Waals surface area contributed by atoms with Crippen LogP contribution in [0.4, 0.5) is 5.69 Å². The third-order valence-electron chi connectivity index (χ3n) is 2.74. The second-order valence-electron chi connectivity index (χ2n) is 4.26. The molecule has 1 unspecified atom stereocenters. The Balaban J connectivity index is 1.84. The number of ether oxygens (including phenoxy) is 1. The number of nitrogens with one attached hydrogen (secondary N) is 1. The number of carbonyl (C=O) groups excluding carboxylic acids is 1. The molecule has 0 aliphatic carbocycles. The van der Waals surface area contributed by atoms with Crippen LogP contribution in [0.15, 0.2) is 35.8 Å². The predicted molar refractivity (Wildman–Crippen MR) is 79.6 cm³/mol. The predicted octanol–water partition coefficient (Wildman–Crippen LogP) is 2.37. The van der Waals surface area contributed by atoms with Crippen LogP contribution in [0.2, 0.25) is 0 Å². The highest BCUT2D eigenvalue weighted by molar-refractivity contribution is 7.09. The van der Waals surface area contributed by atoms with Gasteiger partial charge in [0.2, 0.25) is 0 Å². The highest BCUT2D eigenvalue weighted by Crippen LogP contribution is 2.18. The van der Waals surface area contributed by atoms with Gasteiger partial charge < -0.3 is 15.8 Å². The Bertz CT molecular complexity index is 540. The van der Waals surface area contributed by atoms with Crippen LogP contribution in [0, 0.1) is 0 Å². The summed E-state index contributed by atoms with van der Waals surface area (Å²) in [5, 5.41) is 5.72. The summed E-state index contributed by atoms with van der Waals surface area (Å²) >= 11 is 1.53. The van der Waals surface area contributed by atoms with E-state index in [0.717, 1.165) is 11.4 Å². The Kier molecular flexibility index (Phi) is 4.95. The number of amides is 1. The monoisotopic (exact) mass is 291 g/mol. The minimum atomic E-state index is -0.163. The van der Waals surface area contributed by atoms with Gasteiger partial charge in [-0.15, -0.1) is 11.3 Å². The average molecular weight is 291 g/mol. The molecule has 5 nitrogen and oxygen atoms in total. The van der Waals surface area contributed by atoms with Crippen molar-refractivity contribution in [3.63, 3.8) is 0 Å². The van der Waals surface area contributed by atoms with Crippen LogP contribution in [0.1, 0.15) is 24.4 Å². The minimum Gasteiger partial charge on any atom is -0.484 e. The minimum absolute atomic E-state index is 0.0220. The summed E-state index contributed by atoms with van der Waals surface area (Å²) in [7, 11) is 0. The smallest absolute Gasteiger partial charge is 0.258 e. The summed E-state index contributed by atoms with van der Waals surface area (Å²) < 4.78 is 5.40. The first-order valence-electron chi connectivity index (χ1n) is 6.36. The number of hydrogen-bond donors (Lipinski definition) is 2. The van der Waals surface area contributed by atoms with Gasteiger partial charge in [0.15, 0.2) is 6.61 Å².